The Morgan fingerprint density at radius 2 is 1.79 bits per heavy atom. The highest BCUT2D eigenvalue weighted by atomic mass is 16.6. The van der Waals surface area contributed by atoms with Crippen LogP contribution in [-0.2, 0) is 6.54 Å². The van der Waals surface area contributed by atoms with E-state index in [1.165, 1.54) is 25.2 Å². The number of nitrogens with zero attached hydrogens (tertiary/aromatic N) is 2. The number of benzene rings is 2. The zero-order valence-corrected chi connectivity index (χ0v) is 13.7. The molecule has 0 aromatic heterocycles. The van der Waals surface area contributed by atoms with E-state index in [0.29, 0.717) is 22.6 Å². The molecule has 7 nitrogen and oxygen atoms in total. The van der Waals surface area contributed by atoms with Crippen LogP contribution in [-0.4, -0.2) is 37.0 Å². The molecular formula is C17H18N2O5. The van der Waals surface area contributed by atoms with Gasteiger partial charge in [0.1, 0.15) is 0 Å². The third-order valence-corrected chi connectivity index (χ3v) is 3.57. The molecule has 2 aromatic carbocycles. The molecule has 0 atom stereocenters. The molecule has 0 unspecified atom stereocenters. The molecule has 126 valence electrons. The van der Waals surface area contributed by atoms with Crippen molar-refractivity contribution in [3.63, 3.8) is 0 Å². The van der Waals surface area contributed by atoms with Gasteiger partial charge < -0.3 is 14.4 Å². The van der Waals surface area contributed by atoms with Gasteiger partial charge in [-0.25, -0.2) is 0 Å². The van der Waals surface area contributed by atoms with Crippen molar-refractivity contribution in [1.82, 2.24) is 4.90 Å². The highest BCUT2D eigenvalue weighted by molar-refractivity contribution is 5.94. The number of rotatable bonds is 6. The van der Waals surface area contributed by atoms with Crippen LogP contribution in [0.4, 0.5) is 5.69 Å². The lowest BCUT2D eigenvalue weighted by Gasteiger charge is -2.18. The molecule has 7 heteroatoms. The molecule has 0 heterocycles. The number of methoxy groups -OCH3 is 2. The van der Waals surface area contributed by atoms with Crippen LogP contribution in [0.15, 0.2) is 42.5 Å². The Labute approximate surface area is 139 Å². The molecule has 1 amide bonds. The van der Waals surface area contributed by atoms with Gasteiger partial charge in [-0.1, -0.05) is 18.2 Å². The Kier molecular flexibility index (Phi) is 5.36. The summed E-state index contributed by atoms with van der Waals surface area (Å²) in [6, 6.07) is 11.2. The molecule has 0 spiro atoms. The van der Waals surface area contributed by atoms with Gasteiger partial charge in [-0.2, -0.15) is 0 Å². The highest BCUT2D eigenvalue weighted by Crippen LogP contribution is 2.28. The number of carbonyl (C=O) groups is 1. The SMILES string of the molecule is COc1ccc(C(=O)N(C)Cc2ccccc2[N+](=O)[O-])cc1OC. The van der Waals surface area contributed by atoms with Crippen molar-refractivity contribution in [1.29, 1.82) is 0 Å². The number of hydrogen-bond donors (Lipinski definition) is 0. The molecule has 24 heavy (non-hydrogen) atoms. The lowest BCUT2D eigenvalue weighted by atomic mass is 10.1. The Hall–Kier alpha value is -3.09. The zero-order valence-electron chi connectivity index (χ0n) is 13.7. The maximum atomic E-state index is 12.6. The number of nitro groups is 1. The van der Waals surface area contributed by atoms with Crippen molar-refractivity contribution >= 4 is 11.6 Å². The summed E-state index contributed by atoms with van der Waals surface area (Å²) in [7, 11) is 4.60. The first-order valence-electron chi connectivity index (χ1n) is 7.17. The van der Waals surface area contributed by atoms with Crippen molar-refractivity contribution in [3.8, 4) is 11.5 Å². The van der Waals surface area contributed by atoms with E-state index in [1.807, 2.05) is 0 Å². The van der Waals surface area contributed by atoms with Gasteiger partial charge >= 0.3 is 0 Å². The van der Waals surface area contributed by atoms with Gasteiger partial charge in [-0.05, 0) is 18.2 Å². The van der Waals surface area contributed by atoms with Crippen LogP contribution >= 0.6 is 0 Å². The lowest BCUT2D eigenvalue weighted by Crippen LogP contribution is -2.26. The predicted octanol–water partition coefficient (Wildman–Crippen LogP) is 2.88. The minimum Gasteiger partial charge on any atom is -0.493 e. The largest absolute Gasteiger partial charge is 0.493 e. The Morgan fingerprint density at radius 1 is 1.12 bits per heavy atom. The van der Waals surface area contributed by atoms with Crippen LogP contribution in [0.2, 0.25) is 0 Å². The van der Waals surface area contributed by atoms with Gasteiger partial charge in [0.15, 0.2) is 11.5 Å². The molecule has 0 aliphatic rings. The third kappa shape index (κ3) is 3.62. The molecular weight excluding hydrogens is 312 g/mol. The average molecular weight is 330 g/mol. The van der Waals surface area contributed by atoms with Crippen molar-refractivity contribution in [2.75, 3.05) is 21.3 Å². The van der Waals surface area contributed by atoms with Crippen LogP contribution < -0.4 is 9.47 Å². The number of ether oxygens (including phenoxy) is 2. The molecule has 0 saturated carbocycles. The lowest BCUT2D eigenvalue weighted by molar-refractivity contribution is -0.385. The van der Waals surface area contributed by atoms with E-state index in [9.17, 15) is 14.9 Å². The maximum absolute atomic E-state index is 12.6. The van der Waals surface area contributed by atoms with Crippen LogP contribution in [0.3, 0.4) is 0 Å². The number of carbonyl (C=O) groups excluding carboxylic acids is 1. The van der Waals surface area contributed by atoms with Crippen molar-refractivity contribution in [2.45, 2.75) is 6.54 Å². The molecule has 0 aliphatic carbocycles. The van der Waals surface area contributed by atoms with E-state index >= 15 is 0 Å². The first-order chi connectivity index (χ1) is 11.5. The fourth-order valence-electron chi connectivity index (χ4n) is 2.34. The van der Waals surface area contributed by atoms with Crippen LogP contribution in [0, 0.1) is 10.1 Å². The first kappa shape index (κ1) is 17.3. The number of nitro benzene ring substituents is 1. The molecule has 2 rings (SSSR count). The van der Waals surface area contributed by atoms with Gasteiger partial charge in [0.2, 0.25) is 0 Å². The zero-order chi connectivity index (χ0) is 17.7. The molecule has 2 aromatic rings. The van der Waals surface area contributed by atoms with E-state index in [0.717, 1.165) is 0 Å². The van der Waals surface area contributed by atoms with E-state index in [-0.39, 0.29) is 18.1 Å². The number of hydrogen-bond acceptors (Lipinski definition) is 5. The number of para-hydroxylation sites is 1. The summed E-state index contributed by atoms with van der Waals surface area (Å²) in [4.78, 5) is 24.6. The Morgan fingerprint density at radius 3 is 2.42 bits per heavy atom. The molecule has 0 fully saturated rings. The Balaban J connectivity index is 2.23. The second kappa shape index (κ2) is 7.45. The fraction of sp³-hybridized carbons (Fsp3) is 0.235. The highest BCUT2D eigenvalue weighted by Gasteiger charge is 2.19. The minimum atomic E-state index is -0.454. The summed E-state index contributed by atoms with van der Waals surface area (Å²) in [5, 5.41) is 11.1. The summed E-state index contributed by atoms with van der Waals surface area (Å²) < 4.78 is 10.3. The Bertz CT molecular complexity index is 760. The summed E-state index contributed by atoms with van der Waals surface area (Å²) in [5.41, 5.74) is 0.872. The van der Waals surface area contributed by atoms with Gasteiger partial charge in [-0.3, -0.25) is 14.9 Å². The first-order valence-corrected chi connectivity index (χ1v) is 7.17. The van der Waals surface area contributed by atoms with Crippen LogP contribution in [0.5, 0.6) is 11.5 Å². The standard InChI is InChI=1S/C17H18N2O5/c1-18(11-13-6-4-5-7-14(13)19(21)22)17(20)12-8-9-15(23-2)16(10-12)24-3/h4-10H,11H2,1-3H3. The van der Waals surface area contributed by atoms with E-state index in [4.69, 9.17) is 9.47 Å². The quantitative estimate of drug-likeness (QED) is 0.601. The molecule has 0 bridgehead atoms. The summed E-state index contributed by atoms with van der Waals surface area (Å²) >= 11 is 0. The van der Waals surface area contributed by atoms with Gasteiger partial charge in [0, 0.05) is 24.2 Å². The van der Waals surface area contributed by atoms with Crippen molar-refractivity contribution in [3.05, 3.63) is 63.7 Å². The van der Waals surface area contributed by atoms with Gasteiger partial charge in [0.25, 0.3) is 11.6 Å². The third-order valence-electron chi connectivity index (χ3n) is 3.57. The second-order valence-corrected chi connectivity index (χ2v) is 5.12. The minimum absolute atomic E-state index is 0.00976. The normalized spacial score (nSPS) is 10.1. The van der Waals surface area contributed by atoms with E-state index < -0.39 is 4.92 Å². The fourth-order valence-corrected chi connectivity index (χ4v) is 2.34. The molecule has 0 aliphatic heterocycles. The van der Waals surface area contributed by atoms with Gasteiger partial charge in [0.05, 0.1) is 25.7 Å². The van der Waals surface area contributed by atoms with Crippen molar-refractivity contribution < 1.29 is 19.2 Å². The molecule has 0 N–H and O–H groups in total. The average Bonchev–Trinajstić information content (AvgIpc) is 2.60. The van der Waals surface area contributed by atoms with Crippen LogP contribution in [0.25, 0.3) is 0 Å². The predicted molar refractivity (Wildman–Crippen MR) is 88.4 cm³/mol. The van der Waals surface area contributed by atoms with Crippen LogP contribution in [0.1, 0.15) is 15.9 Å². The van der Waals surface area contributed by atoms with E-state index in [2.05, 4.69) is 0 Å². The summed E-state index contributed by atoms with van der Waals surface area (Å²) in [6.45, 7) is 0.129. The molecule has 0 radical (unpaired) electrons. The molecule has 0 saturated heterocycles. The number of amides is 1. The summed E-state index contributed by atoms with van der Waals surface area (Å²) in [5.74, 6) is 0.701. The smallest absolute Gasteiger partial charge is 0.274 e. The van der Waals surface area contributed by atoms with Gasteiger partial charge in [-0.15, -0.1) is 0 Å². The summed E-state index contributed by atoms with van der Waals surface area (Å²) in [6.07, 6.45) is 0. The maximum Gasteiger partial charge on any atom is 0.274 e. The monoisotopic (exact) mass is 330 g/mol. The van der Waals surface area contributed by atoms with Crippen molar-refractivity contribution in [2.24, 2.45) is 0 Å². The second-order valence-electron chi connectivity index (χ2n) is 5.12. The van der Waals surface area contributed by atoms with E-state index in [1.54, 1.807) is 43.4 Å². The topological polar surface area (TPSA) is 81.9 Å².